The van der Waals surface area contributed by atoms with Crippen molar-refractivity contribution in [2.75, 3.05) is 39.0 Å². The Hall–Kier alpha value is -3.20. The summed E-state index contributed by atoms with van der Waals surface area (Å²) in [5.74, 6) is 0.261. The number of anilines is 1. The third kappa shape index (κ3) is 4.52. The maximum atomic E-state index is 13.6. The molecule has 0 radical (unpaired) electrons. The Morgan fingerprint density at radius 2 is 1.78 bits per heavy atom. The minimum absolute atomic E-state index is 0.0382. The molecule has 2 saturated carbocycles. The van der Waals surface area contributed by atoms with Gasteiger partial charge in [0.05, 0.1) is 17.9 Å². The average Bonchev–Trinajstić information content (AvgIpc) is 3.08. The van der Waals surface area contributed by atoms with Gasteiger partial charge in [0, 0.05) is 18.6 Å². The van der Waals surface area contributed by atoms with Gasteiger partial charge in [-0.15, -0.1) is 0 Å². The number of hydrogen-bond donors (Lipinski definition) is 2. The van der Waals surface area contributed by atoms with E-state index in [1.807, 2.05) is 0 Å². The van der Waals surface area contributed by atoms with Gasteiger partial charge in [-0.25, -0.2) is 14.8 Å². The standard InChI is InChI=1S/C27H36N6O3/c1-31(2)27(21-9-4-3-5-10-21)13-11-26(12-14-27)19-32(25(36)33(26)17-20-7-6-8-20)18-23(35)30-24-28-15-22(34)16-29-24/h3-5,9-10,15-16,20,34H,6-8,11-14,17-19H2,1-2H3,(H,28,29,30,35). The number of urea groups is 1. The third-order valence-electron chi connectivity index (χ3n) is 8.62. The summed E-state index contributed by atoms with van der Waals surface area (Å²) >= 11 is 0. The Morgan fingerprint density at radius 1 is 1.11 bits per heavy atom. The average molecular weight is 493 g/mol. The van der Waals surface area contributed by atoms with Crippen LogP contribution in [0.5, 0.6) is 5.75 Å². The van der Waals surface area contributed by atoms with Gasteiger partial charge in [-0.3, -0.25) is 15.0 Å². The maximum Gasteiger partial charge on any atom is 0.321 e. The maximum absolute atomic E-state index is 13.6. The number of hydrogen-bond acceptors (Lipinski definition) is 6. The van der Waals surface area contributed by atoms with Gasteiger partial charge in [-0.2, -0.15) is 0 Å². The van der Waals surface area contributed by atoms with Crippen LogP contribution in [0.1, 0.15) is 50.5 Å². The predicted octanol–water partition coefficient (Wildman–Crippen LogP) is 3.43. The van der Waals surface area contributed by atoms with E-state index in [9.17, 15) is 14.7 Å². The molecular formula is C27H36N6O3. The van der Waals surface area contributed by atoms with E-state index < -0.39 is 0 Å². The minimum Gasteiger partial charge on any atom is -0.505 e. The SMILES string of the molecule is CN(C)C1(c2ccccc2)CCC2(CC1)CN(CC(=O)Nc1ncc(O)cn1)C(=O)N2CC1CCC1. The first-order chi connectivity index (χ1) is 17.3. The Balaban J connectivity index is 1.33. The van der Waals surface area contributed by atoms with E-state index in [0.717, 1.165) is 32.2 Å². The van der Waals surface area contributed by atoms with Crippen molar-refractivity contribution in [2.24, 2.45) is 5.92 Å². The van der Waals surface area contributed by atoms with Gasteiger partial charge in [0.1, 0.15) is 6.54 Å². The molecule has 36 heavy (non-hydrogen) atoms. The lowest BCUT2D eigenvalue weighted by Gasteiger charge is -2.51. The van der Waals surface area contributed by atoms with E-state index in [1.54, 1.807) is 4.90 Å². The summed E-state index contributed by atoms with van der Waals surface area (Å²) in [6.07, 6.45) is 9.75. The van der Waals surface area contributed by atoms with Gasteiger partial charge < -0.3 is 14.9 Å². The second-order valence-corrected chi connectivity index (χ2v) is 10.9. The first-order valence-electron chi connectivity index (χ1n) is 12.9. The minimum atomic E-state index is -0.336. The van der Waals surface area contributed by atoms with Gasteiger partial charge >= 0.3 is 6.03 Å². The molecule has 3 amide bonds. The molecule has 2 aliphatic carbocycles. The summed E-state index contributed by atoms with van der Waals surface area (Å²) in [7, 11) is 4.30. The van der Waals surface area contributed by atoms with E-state index in [1.165, 1.54) is 37.2 Å². The molecule has 0 bridgehead atoms. The van der Waals surface area contributed by atoms with Crippen molar-refractivity contribution in [3.05, 3.63) is 48.3 Å². The van der Waals surface area contributed by atoms with E-state index in [0.29, 0.717) is 12.5 Å². The number of aromatic hydroxyl groups is 1. The van der Waals surface area contributed by atoms with Crippen LogP contribution in [0.3, 0.4) is 0 Å². The molecule has 9 heteroatoms. The second kappa shape index (κ2) is 9.69. The van der Waals surface area contributed by atoms with E-state index in [-0.39, 0.29) is 41.3 Å². The molecule has 0 atom stereocenters. The topological polar surface area (TPSA) is 102 Å². The number of carbonyl (C=O) groups excluding carboxylic acids is 2. The summed E-state index contributed by atoms with van der Waals surface area (Å²) in [5.41, 5.74) is 1.01. The molecule has 1 aromatic carbocycles. The molecule has 2 heterocycles. The van der Waals surface area contributed by atoms with Crippen molar-refractivity contribution in [2.45, 2.75) is 56.0 Å². The van der Waals surface area contributed by atoms with E-state index >= 15 is 0 Å². The number of nitrogens with zero attached hydrogens (tertiary/aromatic N) is 5. The summed E-state index contributed by atoms with van der Waals surface area (Å²) in [6, 6.07) is 10.6. The van der Waals surface area contributed by atoms with Crippen LogP contribution in [0.4, 0.5) is 10.7 Å². The fourth-order valence-corrected chi connectivity index (χ4v) is 6.23. The lowest BCUT2D eigenvalue weighted by atomic mass is 9.68. The highest BCUT2D eigenvalue weighted by Crippen LogP contribution is 2.49. The first kappa shape index (κ1) is 24.5. The Morgan fingerprint density at radius 3 is 2.36 bits per heavy atom. The van der Waals surface area contributed by atoms with Crippen LogP contribution in [0.15, 0.2) is 42.7 Å². The molecule has 5 rings (SSSR count). The van der Waals surface area contributed by atoms with Crippen molar-refractivity contribution in [3.8, 4) is 5.75 Å². The zero-order valence-electron chi connectivity index (χ0n) is 21.2. The van der Waals surface area contributed by atoms with Gasteiger partial charge in [0.25, 0.3) is 0 Å². The van der Waals surface area contributed by atoms with Crippen LogP contribution < -0.4 is 5.32 Å². The van der Waals surface area contributed by atoms with Gasteiger partial charge in [-0.05, 0) is 64.1 Å². The summed E-state index contributed by atoms with van der Waals surface area (Å²) in [6.45, 7) is 1.29. The monoisotopic (exact) mass is 492 g/mol. The van der Waals surface area contributed by atoms with Crippen LogP contribution in [0.25, 0.3) is 0 Å². The van der Waals surface area contributed by atoms with Crippen molar-refractivity contribution in [3.63, 3.8) is 0 Å². The number of rotatable bonds is 7. The van der Waals surface area contributed by atoms with Crippen molar-refractivity contribution >= 4 is 17.9 Å². The predicted molar refractivity (Wildman–Crippen MR) is 136 cm³/mol. The summed E-state index contributed by atoms with van der Waals surface area (Å²) in [5, 5.41) is 12.0. The van der Waals surface area contributed by atoms with Crippen LogP contribution in [0, 0.1) is 5.92 Å². The van der Waals surface area contributed by atoms with Gasteiger partial charge in [0.15, 0.2) is 5.75 Å². The molecule has 1 spiro atoms. The lowest BCUT2D eigenvalue weighted by Crippen LogP contribution is -2.56. The van der Waals surface area contributed by atoms with Crippen molar-refractivity contribution in [1.82, 2.24) is 24.7 Å². The molecule has 9 nitrogen and oxygen atoms in total. The normalized spacial score (nSPS) is 26.5. The molecule has 2 aromatic rings. The van der Waals surface area contributed by atoms with Crippen molar-refractivity contribution in [1.29, 1.82) is 0 Å². The van der Waals surface area contributed by atoms with E-state index in [4.69, 9.17) is 0 Å². The Kier molecular flexibility index (Phi) is 6.59. The second-order valence-electron chi connectivity index (χ2n) is 10.9. The number of benzene rings is 1. The number of amides is 3. The molecular weight excluding hydrogens is 456 g/mol. The highest BCUT2D eigenvalue weighted by molar-refractivity contribution is 5.93. The van der Waals surface area contributed by atoms with E-state index in [2.05, 4.69) is 69.5 Å². The Bertz CT molecular complexity index is 1080. The van der Waals surface area contributed by atoms with Gasteiger partial charge in [0.2, 0.25) is 11.9 Å². The largest absolute Gasteiger partial charge is 0.505 e. The smallest absolute Gasteiger partial charge is 0.321 e. The first-order valence-corrected chi connectivity index (χ1v) is 12.9. The lowest BCUT2D eigenvalue weighted by molar-refractivity contribution is -0.116. The van der Waals surface area contributed by atoms with Crippen LogP contribution in [-0.4, -0.2) is 81.0 Å². The quantitative estimate of drug-likeness (QED) is 0.614. The highest BCUT2D eigenvalue weighted by Gasteiger charge is 2.55. The molecule has 3 fully saturated rings. The molecule has 1 aromatic heterocycles. The number of carbonyl (C=O) groups is 2. The van der Waals surface area contributed by atoms with Crippen LogP contribution in [-0.2, 0) is 10.3 Å². The molecule has 0 unspecified atom stereocenters. The fraction of sp³-hybridized carbons (Fsp3) is 0.556. The molecule has 1 saturated heterocycles. The zero-order valence-corrected chi connectivity index (χ0v) is 21.2. The molecule has 2 N–H and O–H groups in total. The summed E-state index contributed by atoms with van der Waals surface area (Å²) < 4.78 is 0. The third-order valence-corrected chi connectivity index (χ3v) is 8.62. The molecule has 192 valence electrons. The number of nitrogens with one attached hydrogen (secondary N) is 1. The zero-order chi connectivity index (χ0) is 25.3. The fourth-order valence-electron chi connectivity index (χ4n) is 6.23. The Labute approximate surface area is 212 Å². The van der Waals surface area contributed by atoms with Crippen LogP contribution in [0.2, 0.25) is 0 Å². The molecule has 1 aliphatic heterocycles. The van der Waals surface area contributed by atoms with Gasteiger partial charge in [-0.1, -0.05) is 36.8 Å². The highest BCUT2D eigenvalue weighted by atomic mass is 16.3. The number of aromatic nitrogens is 2. The summed E-state index contributed by atoms with van der Waals surface area (Å²) in [4.78, 5) is 40.4. The molecule has 3 aliphatic rings. The van der Waals surface area contributed by atoms with Crippen LogP contribution >= 0.6 is 0 Å². The van der Waals surface area contributed by atoms with Crippen molar-refractivity contribution < 1.29 is 14.7 Å².